The summed E-state index contributed by atoms with van der Waals surface area (Å²) in [6.07, 6.45) is 9.52. The molecule has 1 aromatic heterocycles. The van der Waals surface area contributed by atoms with Gasteiger partial charge in [0.1, 0.15) is 10.6 Å². The van der Waals surface area contributed by atoms with E-state index >= 15 is 0 Å². The van der Waals surface area contributed by atoms with Gasteiger partial charge in [0.25, 0.3) is 0 Å². The zero-order valence-electron chi connectivity index (χ0n) is 15.6. The largest absolute Gasteiger partial charge is 0.464 e. The second kappa shape index (κ2) is 8.10. The van der Waals surface area contributed by atoms with Gasteiger partial charge in [0, 0.05) is 31.4 Å². The number of ether oxygens (including phenoxy) is 1. The third-order valence-corrected chi connectivity index (χ3v) is 7.73. The predicted octanol–water partition coefficient (Wildman–Crippen LogP) is 2.22. The van der Waals surface area contributed by atoms with E-state index in [9.17, 15) is 13.2 Å². The van der Waals surface area contributed by atoms with Crippen LogP contribution in [-0.2, 0) is 14.8 Å². The van der Waals surface area contributed by atoms with E-state index in [-0.39, 0.29) is 10.6 Å². The molecule has 1 aromatic rings. The van der Waals surface area contributed by atoms with Gasteiger partial charge in [-0.3, -0.25) is 0 Å². The van der Waals surface area contributed by atoms with E-state index in [0.29, 0.717) is 25.2 Å². The Morgan fingerprint density at radius 3 is 2.38 bits per heavy atom. The summed E-state index contributed by atoms with van der Waals surface area (Å²) >= 11 is 0. The fourth-order valence-electron chi connectivity index (χ4n) is 4.18. The Bertz CT molecular complexity index is 717. The minimum Gasteiger partial charge on any atom is -0.464 e. The van der Waals surface area contributed by atoms with Gasteiger partial charge in [0.15, 0.2) is 0 Å². The van der Waals surface area contributed by atoms with Crippen molar-refractivity contribution in [1.82, 2.24) is 14.2 Å². The van der Waals surface area contributed by atoms with Gasteiger partial charge in [-0.1, -0.05) is 19.3 Å². The molecule has 0 amide bonds. The van der Waals surface area contributed by atoms with E-state index < -0.39 is 16.0 Å². The average Bonchev–Trinajstić information content (AvgIpc) is 3.18. The first-order valence-corrected chi connectivity index (χ1v) is 10.9. The number of nitrogens with zero attached hydrogens (tertiary/aromatic N) is 2. The number of carbonyl (C=O) groups is 1. The van der Waals surface area contributed by atoms with Crippen LogP contribution in [0.15, 0.2) is 17.2 Å². The van der Waals surface area contributed by atoms with Crippen LogP contribution < -0.4 is 0 Å². The fraction of sp³-hybridized carbons (Fsp3) is 0.722. The van der Waals surface area contributed by atoms with Gasteiger partial charge in [-0.15, -0.1) is 0 Å². The average molecular weight is 384 g/mol. The number of piperidine rings is 1. The van der Waals surface area contributed by atoms with Crippen LogP contribution in [0.4, 0.5) is 0 Å². The molecular weight excluding hydrogens is 354 g/mol. The Morgan fingerprint density at radius 2 is 1.77 bits per heavy atom. The van der Waals surface area contributed by atoms with Crippen molar-refractivity contribution in [3.05, 3.63) is 18.0 Å². The van der Waals surface area contributed by atoms with Crippen LogP contribution in [-0.4, -0.2) is 67.9 Å². The first kappa shape index (κ1) is 19.4. The third-order valence-electron chi connectivity index (χ3n) is 5.85. The lowest BCUT2D eigenvalue weighted by atomic mass is 9.92. The Kier molecular flexibility index (Phi) is 6.04. The molecule has 0 radical (unpaired) electrons. The van der Waals surface area contributed by atoms with Crippen LogP contribution >= 0.6 is 0 Å². The number of esters is 1. The second-order valence-electron chi connectivity index (χ2n) is 7.33. The standard InChI is InChI=1S/C18H29N3O4S/c1-20(14-6-4-3-5-7-14)15-8-10-21(11-9-15)26(23,24)16-12-17(19-13-16)18(22)25-2/h12-15,19H,3-11H2,1-2H3. The van der Waals surface area contributed by atoms with Crippen LogP contribution in [0.25, 0.3) is 0 Å². The molecule has 26 heavy (non-hydrogen) atoms. The maximum absolute atomic E-state index is 12.8. The number of nitrogens with one attached hydrogen (secondary N) is 1. The van der Waals surface area contributed by atoms with Gasteiger partial charge in [0.2, 0.25) is 10.0 Å². The smallest absolute Gasteiger partial charge is 0.354 e. The van der Waals surface area contributed by atoms with E-state index in [1.54, 1.807) is 0 Å². The van der Waals surface area contributed by atoms with Gasteiger partial charge in [0.05, 0.1) is 7.11 Å². The molecule has 8 heteroatoms. The van der Waals surface area contributed by atoms with Crippen molar-refractivity contribution in [2.24, 2.45) is 0 Å². The van der Waals surface area contributed by atoms with Gasteiger partial charge < -0.3 is 14.6 Å². The summed E-state index contributed by atoms with van der Waals surface area (Å²) in [5.41, 5.74) is 0.151. The predicted molar refractivity (Wildman–Crippen MR) is 98.5 cm³/mol. The summed E-state index contributed by atoms with van der Waals surface area (Å²) < 4.78 is 31.8. The molecule has 7 nitrogen and oxygen atoms in total. The SMILES string of the molecule is COC(=O)c1cc(S(=O)(=O)N2CCC(N(C)C3CCCCC3)CC2)c[nH]1. The number of methoxy groups -OCH3 is 1. The minimum atomic E-state index is -3.58. The van der Waals surface area contributed by atoms with Crippen molar-refractivity contribution in [2.45, 2.75) is 61.9 Å². The lowest BCUT2D eigenvalue weighted by Crippen LogP contribution is -2.48. The van der Waals surface area contributed by atoms with Crippen LogP contribution in [0.3, 0.4) is 0 Å². The monoisotopic (exact) mass is 383 g/mol. The quantitative estimate of drug-likeness (QED) is 0.789. The normalized spacial score (nSPS) is 21.2. The Hall–Kier alpha value is -1.38. The molecule has 0 spiro atoms. The van der Waals surface area contributed by atoms with Gasteiger partial charge >= 0.3 is 5.97 Å². The summed E-state index contributed by atoms with van der Waals surface area (Å²) in [6, 6.07) is 2.44. The Morgan fingerprint density at radius 1 is 1.15 bits per heavy atom. The summed E-state index contributed by atoms with van der Waals surface area (Å²) in [5, 5.41) is 0. The van der Waals surface area contributed by atoms with Gasteiger partial charge in [-0.25, -0.2) is 13.2 Å². The topological polar surface area (TPSA) is 82.7 Å². The highest BCUT2D eigenvalue weighted by Gasteiger charge is 2.33. The van der Waals surface area contributed by atoms with E-state index in [2.05, 4.69) is 21.7 Å². The fourth-order valence-corrected chi connectivity index (χ4v) is 5.64. The van der Waals surface area contributed by atoms with E-state index in [1.807, 2.05) is 0 Å². The molecule has 1 aliphatic carbocycles. The highest BCUT2D eigenvalue weighted by Crippen LogP contribution is 2.28. The molecule has 1 saturated heterocycles. The van der Waals surface area contributed by atoms with Crippen LogP contribution in [0, 0.1) is 0 Å². The van der Waals surface area contributed by atoms with Crippen LogP contribution in [0.5, 0.6) is 0 Å². The number of carbonyl (C=O) groups excluding carboxylic acids is 1. The summed E-state index contributed by atoms with van der Waals surface area (Å²) in [7, 11) is -0.118. The third kappa shape index (κ3) is 3.97. The number of hydrogen-bond donors (Lipinski definition) is 1. The molecule has 0 aromatic carbocycles. The number of aromatic amines is 1. The Labute approximate surface area is 155 Å². The molecular formula is C18H29N3O4S. The van der Waals surface area contributed by atoms with E-state index in [4.69, 9.17) is 0 Å². The van der Waals surface area contributed by atoms with Gasteiger partial charge in [-0.2, -0.15) is 4.31 Å². The maximum atomic E-state index is 12.8. The zero-order valence-corrected chi connectivity index (χ0v) is 16.4. The lowest BCUT2D eigenvalue weighted by Gasteiger charge is -2.41. The molecule has 3 rings (SSSR count). The maximum Gasteiger partial charge on any atom is 0.354 e. The van der Waals surface area contributed by atoms with Crippen LogP contribution in [0.1, 0.15) is 55.4 Å². The van der Waals surface area contributed by atoms with Crippen molar-refractivity contribution < 1.29 is 17.9 Å². The number of aromatic nitrogens is 1. The van der Waals surface area contributed by atoms with Gasteiger partial charge in [-0.05, 0) is 38.8 Å². The van der Waals surface area contributed by atoms with Crippen molar-refractivity contribution in [2.75, 3.05) is 27.2 Å². The molecule has 0 unspecified atom stereocenters. The van der Waals surface area contributed by atoms with E-state index in [0.717, 1.165) is 12.8 Å². The number of hydrogen-bond acceptors (Lipinski definition) is 5. The zero-order chi connectivity index (χ0) is 18.7. The molecule has 0 atom stereocenters. The molecule has 1 aliphatic heterocycles. The lowest BCUT2D eigenvalue weighted by molar-refractivity contribution is 0.0594. The number of H-pyrrole nitrogens is 1. The number of sulfonamides is 1. The Balaban J connectivity index is 1.61. The highest BCUT2D eigenvalue weighted by atomic mass is 32.2. The molecule has 2 fully saturated rings. The molecule has 146 valence electrons. The summed E-state index contributed by atoms with van der Waals surface area (Å²) in [6.45, 7) is 1.03. The van der Waals surface area contributed by atoms with Crippen molar-refractivity contribution in [1.29, 1.82) is 0 Å². The first-order chi connectivity index (χ1) is 12.4. The van der Waals surface area contributed by atoms with Crippen molar-refractivity contribution >= 4 is 16.0 Å². The summed E-state index contributed by atoms with van der Waals surface area (Å²) in [5.74, 6) is -0.570. The van der Waals surface area contributed by atoms with E-state index in [1.165, 1.54) is 55.8 Å². The first-order valence-electron chi connectivity index (χ1n) is 9.42. The van der Waals surface area contributed by atoms with Crippen LogP contribution in [0.2, 0.25) is 0 Å². The highest BCUT2D eigenvalue weighted by molar-refractivity contribution is 7.89. The second-order valence-corrected chi connectivity index (χ2v) is 9.27. The molecule has 2 heterocycles. The molecule has 1 N–H and O–H groups in total. The molecule has 2 aliphatic rings. The van der Waals surface area contributed by atoms with Crippen molar-refractivity contribution in [3.63, 3.8) is 0 Å². The molecule has 1 saturated carbocycles. The van der Waals surface area contributed by atoms with Crippen molar-refractivity contribution in [3.8, 4) is 0 Å². The minimum absolute atomic E-state index is 0.122. The summed E-state index contributed by atoms with van der Waals surface area (Å²) in [4.78, 5) is 16.8. The number of rotatable bonds is 5. The molecule has 0 bridgehead atoms.